The van der Waals surface area contributed by atoms with Crippen molar-refractivity contribution in [3.05, 3.63) is 52.0 Å². The molecule has 0 atom stereocenters. The Labute approximate surface area is 118 Å². The molecule has 0 bridgehead atoms. The number of benzene rings is 1. The minimum atomic E-state index is -0.372. The molecule has 0 fully saturated rings. The van der Waals surface area contributed by atoms with Gasteiger partial charge >= 0.3 is 0 Å². The molecule has 0 saturated heterocycles. The van der Waals surface area contributed by atoms with Gasteiger partial charge in [0.15, 0.2) is 0 Å². The summed E-state index contributed by atoms with van der Waals surface area (Å²) >= 11 is 3.30. The van der Waals surface area contributed by atoms with Gasteiger partial charge in [0.2, 0.25) is 5.78 Å². The molecule has 0 saturated carbocycles. The fraction of sp³-hybridized carbons (Fsp3) is 0.231. The predicted octanol–water partition coefficient (Wildman–Crippen LogP) is 2.66. The summed E-state index contributed by atoms with van der Waals surface area (Å²) in [6.07, 6.45) is 1.56. The molecule has 1 aromatic heterocycles. The first-order valence-corrected chi connectivity index (χ1v) is 6.43. The topological polar surface area (TPSA) is 44.1 Å². The van der Waals surface area contributed by atoms with E-state index in [1.54, 1.807) is 18.0 Å². The number of aromatic nitrogens is 2. The number of halogens is 2. The molecule has 0 spiro atoms. The maximum absolute atomic E-state index is 12.9. The Kier molecular flexibility index (Phi) is 4.44. The zero-order valence-corrected chi connectivity index (χ0v) is 11.9. The normalized spacial score (nSPS) is 10.7. The van der Waals surface area contributed by atoms with E-state index in [1.165, 1.54) is 24.3 Å². The van der Waals surface area contributed by atoms with Crippen LogP contribution >= 0.6 is 15.9 Å². The first kappa shape index (κ1) is 13.9. The molecule has 0 aliphatic carbocycles. The molecule has 0 aliphatic rings. The molecule has 0 N–H and O–H groups in total. The number of ether oxygens (including phenoxy) is 1. The average Bonchev–Trinajstić information content (AvgIpc) is 2.77. The summed E-state index contributed by atoms with van der Waals surface area (Å²) in [7, 11) is 1.58. The van der Waals surface area contributed by atoms with Crippen molar-refractivity contribution in [1.82, 2.24) is 9.78 Å². The summed E-state index contributed by atoms with van der Waals surface area (Å²) in [4.78, 5) is 12.4. The quantitative estimate of drug-likeness (QED) is 0.793. The number of rotatable bonds is 5. The van der Waals surface area contributed by atoms with Gasteiger partial charge in [0, 0.05) is 12.7 Å². The molecule has 0 aliphatic heterocycles. The largest absolute Gasteiger partial charge is 0.383 e. The van der Waals surface area contributed by atoms with Crippen molar-refractivity contribution in [2.24, 2.45) is 0 Å². The van der Waals surface area contributed by atoms with Crippen LogP contribution in [0.4, 0.5) is 4.39 Å². The second-order valence-corrected chi connectivity index (χ2v) is 4.75. The van der Waals surface area contributed by atoms with E-state index >= 15 is 0 Å². The summed E-state index contributed by atoms with van der Waals surface area (Å²) in [5, 5.41) is 4.11. The smallest absolute Gasteiger partial charge is 0.212 e. The van der Waals surface area contributed by atoms with Gasteiger partial charge in [-0.3, -0.25) is 9.48 Å². The molecule has 0 amide bonds. The Bertz CT molecular complexity index is 581. The highest BCUT2D eigenvalue weighted by atomic mass is 79.9. The Morgan fingerprint density at radius 2 is 2.11 bits per heavy atom. The van der Waals surface area contributed by atoms with Crippen LogP contribution in [0.3, 0.4) is 0 Å². The number of nitrogens with zero attached hydrogens (tertiary/aromatic N) is 2. The SMILES string of the molecule is COCCn1ncc(Br)c1C(=O)c1ccc(F)cc1. The first-order valence-electron chi connectivity index (χ1n) is 5.64. The lowest BCUT2D eigenvalue weighted by Gasteiger charge is -2.07. The van der Waals surface area contributed by atoms with Crippen LogP contribution in [-0.4, -0.2) is 29.3 Å². The molecule has 2 aromatic rings. The third-order valence-electron chi connectivity index (χ3n) is 2.62. The van der Waals surface area contributed by atoms with E-state index in [0.717, 1.165) is 0 Å². The van der Waals surface area contributed by atoms with Crippen molar-refractivity contribution in [2.75, 3.05) is 13.7 Å². The van der Waals surface area contributed by atoms with Gasteiger partial charge in [-0.25, -0.2) is 4.39 Å². The van der Waals surface area contributed by atoms with Gasteiger partial charge in [0.05, 0.1) is 23.8 Å². The average molecular weight is 327 g/mol. The van der Waals surface area contributed by atoms with Crippen LogP contribution in [0.1, 0.15) is 16.1 Å². The van der Waals surface area contributed by atoms with Crippen LogP contribution in [-0.2, 0) is 11.3 Å². The number of ketones is 1. The van der Waals surface area contributed by atoms with Crippen LogP contribution in [0.5, 0.6) is 0 Å². The molecule has 4 nitrogen and oxygen atoms in total. The van der Waals surface area contributed by atoms with Gasteiger partial charge in [-0.2, -0.15) is 5.10 Å². The van der Waals surface area contributed by atoms with Crippen molar-refractivity contribution < 1.29 is 13.9 Å². The lowest BCUT2D eigenvalue weighted by Crippen LogP contribution is -2.14. The zero-order chi connectivity index (χ0) is 13.8. The Morgan fingerprint density at radius 3 is 2.74 bits per heavy atom. The number of hydrogen-bond donors (Lipinski definition) is 0. The van der Waals surface area contributed by atoms with E-state index in [1.807, 2.05) is 0 Å². The van der Waals surface area contributed by atoms with Gasteiger partial charge in [-0.15, -0.1) is 0 Å². The third-order valence-corrected chi connectivity index (χ3v) is 3.20. The van der Waals surface area contributed by atoms with Crippen molar-refractivity contribution >= 4 is 21.7 Å². The highest BCUT2D eigenvalue weighted by molar-refractivity contribution is 9.10. The zero-order valence-electron chi connectivity index (χ0n) is 10.3. The van der Waals surface area contributed by atoms with E-state index in [0.29, 0.717) is 28.9 Å². The predicted molar refractivity (Wildman–Crippen MR) is 71.6 cm³/mol. The molecule has 100 valence electrons. The van der Waals surface area contributed by atoms with Crippen LogP contribution in [0.25, 0.3) is 0 Å². The second kappa shape index (κ2) is 6.08. The maximum atomic E-state index is 12.9. The molecule has 2 rings (SSSR count). The van der Waals surface area contributed by atoms with Crippen molar-refractivity contribution in [3.8, 4) is 0 Å². The number of carbonyl (C=O) groups excluding carboxylic acids is 1. The van der Waals surface area contributed by atoms with Crippen molar-refractivity contribution in [1.29, 1.82) is 0 Å². The van der Waals surface area contributed by atoms with Gasteiger partial charge in [0.25, 0.3) is 0 Å². The van der Waals surface area contributed by atoms with E-state index in [2.05, 4.69) is 21.0 Å². The molecular formula is C13H12BrFN2O2. The highest BCUT2D eigenvalue weighted by Crippen LogP contribution is 2.20. The molecule has 1 aromatic carbocycles. The monoisotopic (exact) mass is 326 g/mol. The molecule has 6 heteroatoms. The highest BCUT2D eigenvalue weighted by Gasteiger charge is 2.18. The summed E-state index contributed by atoms with van der Waals surface area (Å²) in [5.41, 5.74) is 0.852. The third kappa shape index (κ3) is 3.08. The van der Waals surface area contributed by atoms with Gasteiger partial charge in [-0.05, 0) is 40.2 Å². The summed E-state index contributed by atoms with van der Waals surface area (Å²) < 4.78 is 20.0. The number of hydrogen-bond acceptors (Lipinski definition) is 3. The minimum absolute atomic E-state index is 0.208. The van der Waals surface area contributed by atoms with E-state index in [-0.39, 0.29) is 11.6 Å². The van der Waals surface area contributed by atoms with Gasteiger partial charge < -0.3 is 4.74 Å². The Morgan fingerprint density at radius 1 is 1.42 bits per heavy atom. The molecule has 0 radical (unpaired) electrons. The summed E-state index contributed by atoms with van der Waals surface area (Å²) in [5.74, 6) is -0.580. The fourth-order valence-corrected chi connectivity index (χ4v) is 2.15. The lowest BCUT2D eigenvalue weighted by atomic mass is 10.1. The minimum Gasteiger partial charge on any atom is -0.383 e. The van der Waals surface area contributed by atoms with Crippen LogP contribution in [0.2, 0.25) is 0 Å². The molecule has 0 unspecified atom stereocenters. The van der Waals surface area contributed by atoms with Crippen LogP contribution < -0.4 is 0 Å². The van der Waals surface area contributed by atoms with E-state index < -0.39 is 0 Å². The van der Waals surface area contributed by atoms with Crippen LogP contribution in [0, 0.1) is 5.82 Å². The molecular weight excluding hydrogens is 315 g/mol. The Balaban J connectivity index is 2.32. The van der Waals surface area contributed by atoms with Crippen LogP contribution in [0.15, 0.2) is 34.9 Å². The summed E-state index contributed by atoms with van der Waals surface area (Å²) in [6, 6.07) is 5.43. The van der Waals surface area contributed by atoms with Gasteiger partial charge in [-0.1, -0.05) is 0 Å². The van der Waals surface area contributed by atoms with Crippen molar-refractivity contribution in [3.63, 3.8) is 0 Å². The maximum Gasteiger partial charge on any atom is 0.212 e. The molecule has 19 heavy (non-hydrogen) atoms. The number of methoxy groups -OCH3 is 1. The van der Waals surface area contributed by atoms with E-state index in [4.69, 9.17) is 4.74 Å². The van der Waals surface area contributed by atoms with E-state index in [9.17, 15) is 9.18 Å². The van der Waals surface area contributed by atoms with Gasteiger partial charge in [0.1, 0.15) is 11.5 Å². The summed E-state index contributed by atoms with van der Waals surface area (Å²) in [6.45, 7) is 0.933. The first-order chi connectivity index (χ1) is 9.13. The standard InChI is InChI=1S/C13H12BrFN2O2/c1-19-7-6-17-12(11(14)8-16-17)13(18)9-2-4-10(15)5-3-9/h2-5,8H,6-7H2,1H3. The fourth-order valence-electron chi connectivity index (χ4n) is 1.67. The van der Waals surface area contributed by atoms with Crippen molar-refractivity contribution in [2.45, 2.75) is 6.54 Å². The Hall–Kier alpha value is -1.53. The second-order valence-electron chi connectivity index (χ2n) is 3.89. The lowest BCUT2D eigenvalue weighted by molar-refractivity contribution is 0.102. The number of carbonyl (C=O) groups is 1. The molecule has 1 heterocycles.